The van der Waals surface area contributed by atoms with E-state index < -0.39 is 0 Å². The minimum absolute atomic E-state index is 1.14. The first kappa shape index (κ1) is 15.8. The Kier molecular flexibility index (Phi) is 6.01. The Balaban J connectivity index is 2.23. The molecule has 0 radical (unpaired) electrons. The largest absolute Gasteiger partial charge is 0.316 e. The zero-order valence-electron chi connectivity index (χ0n) is 13.5. The van der Waals surface area contributed by atoms with Gasteiger partial charge in [-0.2, -0.15) is 0 Å². The van der Waals surface area contributed by atoms with Crippen LogP contribution in [0.25, 0.3) is 0 Å². The highest BCUT2D eigenvalue weighted by Gasteiger charge is 2.26. The number of quaternary nitrogens is 1. The Hall–Kier alpha value is -1.60. The molecule has 2 aromatic rings. The van der Waals surface area contributed by atoms with Crippen molar-refractivity contribution in [1.82, 2.24) is 0 Å². The number of hydrogen-bond donors (Lipinski definition) is 0. The van der Waals surface area contributed by atoms with Crippen LogP contribution in [0.15, 0.2) is 60.7 Å². The molecule has 0 aromatic heterocycles. The van der Waals surface area contributed by atoms with Crippen molar-refractivity contribution in [3.8, 4) is 0 Å². The van der Waals surface area contributed by atoms with Gasteiger partial charge in [0.25, 0.3) is 0 Å². The van der Waals surface area contributed by atoms with Gasteiger partial charge >= 0.3 is 0 Å². The van der Waals surface area contributed by atoms with Gasteiger partial charge in [-0.1, -0.05) is 74.5 Å². The zero-order valence-corrected chi connectivity index (χ0v) is 13.5. The summed E-state index contributed by atoms with van der Waals surface area (Å²) in [4.78, 5) is 0. The van der Waals surface area contributed by atoms with Crippen molar-refractivity contribution < 1.29 is 4.48 Å². The van der Waals surface area contributed by atoms with Crippen LogP contribution in [0.2, 0.25) is 0 Å². The fourth-order valence-electron chi connectivity index (χ4n) is 3.37. The van der Waals surface area contributed by atoms with Crippen LogP contribution in [0.1, 0.15) is 37.8 Å². The van der Waals surface area contributed by atoms with Gasteiger partial charge < -0.3 is 4.48 Å². The number of nitrogens with zero attached hydrogens (tertiary/aromatic N) is 1. The molecule has 0 aliphatic heterocycles. The van der Waals surface area contributed by atoms with Crippen molar-refractivity contribution in [2.75, 3.05) is 13.1 Å². The molecule has 0 saturated heterocycles. The smallest absolute Gasteiger partial charge is 0.105 e. The summed E-state index contributed by atoms with van der Waals surface area (Å²) in [6.45, 7) is 9.38. The van der Waals surface area contributed by atoms with Crippen molar-refractivity contribution in [3.63, 3.8) is 0 Å². The third kappa shape index (κ3) is 4.71. The lowest BCUT2D eigenvalue weighted by molar-refractivity contribution is -0.953. The van der Waals surface area contributed by atoms with Crippen LogP contribution in [0, 0.1) is 0 Å². The summed E-state index contributed by atoms with van der Waals surface area (Å²) in [6, 6.07) is 21.9. The summed E-state index contributed by atoms with van der Waals surface area (Å²) in [5, 5.41) is 0. The maximum Gasteiger partial charge on any atom is 0.105 e. The fraction of sp³-hybridized carbons (Fsp3) is 0.400. The van der Waals surface area contributed by atoms with Crippen molar-refractivity contribution in [3.05, 3.63) is 71.8 Å². The van der Waals surface area contributed by atoms with Gasteiger partial charge in [0.15, 0.2) is 0 Å². The molecule has 0 bridgehead atoms. The number of hydrogen-bond acceptors (Lipinski definition) is 0. The lowest BCUT2D eigenvalue weighted by Gasteiger charge is -2.39. The van der Waals surface area contributed by atoms with E-state index in [4.69, 9.17) is 0 Å². The predicted molar refractivity (Wildman–Crippen MR) is 90.9 cm³/mol. The lowest BCUT2D eigenvalue weighted by Crippen LogP contribution is -2.47. The molecule has 2 rings (SSSR count). The molecule has 0 aliphatic rings. The van der Waals surface area contributed by atoms with Gasteiger partial charge in [-0.15, -0.1) is 0 Å². The van der Waals surface area contributed by atoms with E-state index in [0.717, 1.165) is 13.1 Å². The summed E-state index contributed by atoms with van der Waals surface area (Å²) in [7, 11) is 0. The molecular weight excluding hydrogens is 254 g/mol. The Morgan fingerprint density at radius 1 is 0.619 bits per heavy atom. The molecule has 0 fully saturated rings. The SMILES string of the molecule is CCC[N+](CCC)(Cc1ccccc1)Cc1ccccc1. The minimum atomic E-state index is 1.14. The third-order valence-electron chi connectivity index (χ3n) is 4.12. The summed E-state index contributed by atoms with van der Waals surface area (Å²) < 4.78 is 1.17. The lowest BCUT2D eigenvalue weighted by atomic mass is 10.1. The molecule has 0 spiro atoms. The van der Waals surface area contributed by atoms with Gasteiger partial charge in [0, 0.05) is 11.1 Å². The molecule has 1 heteroatoms. The molecule has 1 nitrogen and oxygen atoms in total. The van der Waals surface area contributed by atoms with Crippen LogP contribution < -0.4 is 0 Å². The van der Waals surface area contributed by atoms with Crippen molar-refractivity contribution in [2.45, 2.75) is 39.8 Å². The molecule has 0 atom stereocenters. The van der Waals surface area contributed by atoms with E-state index in [1.54, 1.807) is 0 Å². The number of benzene rings is 2. The van der Waals surface area contributed by atoms with E-state index in [2.05, 4.69) is 74.5 Å². The second kappa shape index (κ2) is 7.99. The Morgan fingerprint density at radius 3 is 1.33 bits per heavy atom. The molecule has 112 valence electrons. The molecule has 2 aromatic carbocycles. The topological polar surface area (TPSA) is 0 Å². The van der Waals surface area contributed by atoms with Crippen LogP contribution in [-0.2, 0) is 13.1 Å². The fourth-order valence-corrected chi connectivity index (χ4v) is 3.37. The standard InChI is InChI=1S/C20H28N/c1-3-15-21(16-4-2,17-19-11-7-5-8-12-19)18-20-13-9-6-10-14-20/h5-14H,3-4,15-18H2,1-2H3/q+1. The molecule has 0 N–H and O–H groups in total. The van der Waals surface area contributed by atoms with E-state index in [-0.39, 0.29) is 0 Å². The average Bonchev–Trinajstić information content (AvgIpc) is 2.50. The average molecular weight is 282 g/mol. The first-order chi connectivity index (χ1) is 10.3. The quantitative estimate of drug-likeness (QED) is 0.596. The highest BCUT2D eigenvalue weighted by Crippen LogP contribution is 2.21. The van der Waals surface area contributed by atoms with E-state index >= 15 is 0 Å². The molecular formula is C20H28N+. The second-order valence-electron chi connectivity index (χ2n) is 6.08. The van der Waals surface area contributed by atoms with Gasteiger partial charge in [0.1, 0.15) is 13.1 Å². The van der Waals surface area contributed by atoms with Gasteiger partial charge in [-0.05, 0) is 12.8 Å². The van der Waals surface area contributed by atoms with Gasteiger partial charge in [-0.3, -0.25) is 0 Å². The number of rotatable bonds is 8. The molecule has 21 heavy (non-hydrogen) atoms. The van der Waals surface area contributed by atoms with Gasteiger partial charge in [0.05, 0.1) is 13.1 Å². The van der Waals surface area contributed by atoms with Gasteiger partial charge in [0.2, 0.25) is 0 Å². The van der Waals surface area contributed by atoms with E-state index in [0.29, 0.717) is 0 Å². The van der Waals surface area contributed by atoms with E-state index in [1.165, 1.54) is 41.5 Å². The van der Waals surface area contributed by atoms with E-state index in [9.17, 15) is 0 Å². The highest BCUT2D eigenvalue weighted by molar-refractivity contribution is 5.15. The zero-order chi connectivity index (χ0) is 15.0. The third-order valence-corrected chi connectivity index (χ3v) is 4.12. The molecule has 0 unspecified atom stereocenters. The van der Waals surface area contributed by atoms with Crippen molar-refractivity contribution in [1.29, 1.82) is 0 Å². The Morgan fingerprint density at radius 2 is 1.00 bits per heavy atom. The highest BCUT2D eigenvalue weighted by atomic mass is 15.3. The normalized spacial score (nSPS) is 11.5. The summed E-state index contributed by atoms with van der Waals surface area (Å²) in [5.41, 5.74) is 2.91. The van der Waals surface area contributed by atoms with E-state index in [1.807, 2.05) is 0 Å². The van der Waals surface area contributed by atoms with Crippen molar-refractivity contribution in [2.24, 2.45) is 0 Å². The second-order valence-corrected chi connectivity index (χ2v) is 6.08. The maximum atomic E-state index is 2.30. The minimum Gasteiger partial charge on any atom is -0.316 e. The molecule has 0 heterocycles. The molecule has 0 saturated carbocycles. The Bertz CT molecular complexity index is 454. The van der Waals surface area contributed by atoms with Crippen LogP contribution in [0.5, 0.6) is 0 Å². The summed E-state index contributed by atoms with van der Waals surface area (Å²) in [5.74, 6) is 0. The van der Waals surface area contributed by atoms with Crippen LogP contribution in [-0.4, -0.2) is 17.6 Å². The van der Waals surface area contributed by atoms with Crippen LogP contribution in [0.3, 0.4) is 0 Å². The van der Waals surface area contributed by atoms with Crippen molar-refractivity contribution >= 4 is 0 Å². The Labute approximate surface area is 129 Å². The first-order valence-electron chi connectivity index (χ1n) is 8.21. The molecule has 0 amide bonds. The monoisotopic (exact) mass is 282 g/mol. The summed E-state index contributed by atoms with van der Waals surface area (Å²) >= 11 is 0. The van der Waals surface area contributed by atoms with Gasteiger partial charge in [-0.25, -0.2) is 0 Å². The summed E-state index contributed by atoms with van der Waals surface area (Å²) in [6.07, 6.45) is 2.47. The van der Waals surface area contributed by atoms with Crippen LogP contribution in [0.4, 0.5) is 0 Å². The first-order valence-corrected chi connectivity index (χ1v) is 8.21. The maximum absolute atomic E-state index is 2.30. The van der Waals surface area contributed by atoms with Crippen LogP contribution >= 0.6 is 0 Å². The molecule has 0 aliphatic carbocycles. The predicted octanol–water partition coefficient (Wildman–Crippen LogP) is 5.02.